The van der Waals surface area contributed by atoms with Gasteiger partial charge in [0.2, 0.25) is 0 Å². The molecule has 0 radical (unpaired) electrons. The molecule has 5 rings (SSSR count). The lowest BCUT2D eigenvalue weighted by Gasteiger charge is -2.31. The van der Waals surface area contributed by atoms with E-state index in [0.29, 0.717) is 29.6 Å². The summed E-state index contributed by atoms with van der Waals surface area (Å²) in [5.41, 5.74) is 1.59. The van der Waals surface area contributed by atoms with Crippen molar-refractivity contribution in [3.8, 4) is 0 Å². The first kappa shape index (κ1) is 19.8. The molecule has 6 heteroatoms. The maximum atomic E-state index is 13.3. The van der Waals surface area contributed by atoms with Crippen LogP contribution in [-0.2, 0) is 6.42 Å². The molecule has 2 aromatic carbocycles. The first-order valence-electron chi connectivity index (χ1n) is 10.5. The standard InChI is InChI=1S/C25H22ClN3O2/c26-20-8-3-5-17(13-20)14-21-15-28-24(31-21)19-7-4-12-29(16-19)25(30)23-22-9-2-1-6-18(22)10-11-27-23/h1-3,5-6,8-11,13,15,19H,4,7,12,14,16H2/t19-/m0/s1. The number of carbonyl (C=O) groups excluding carboxylic acids is 1. The van der Waals surface area contributed by atoms with Crippen LogP contribution in [0.4, 0.5) is 0 Å². The molecule has 0 spiro atoms. The van der Waals surface area contributed by atoms with Crippen molar-refractivity contribution in [2.24, 2.45) is 0 Å². The number of piperidine rings is 1. The fourth-order valence-electron chi connectivity index (χ4n) is 4.24. The van der Waals surface area contributed by atoms with Gasteiger partial charge in [0, 0.05) is 36.1 Å². The Bertz CT molecular complexity index is 1230. The van der Waals surface area contributed by atoms with Crippen molar-refractivity contribution < 1.29 is 9.21 Å². The summed E-state index contributed by atoms with van der Waals surface area (Å²) in [6, 6.07) is 17.5. The van der Waals surface area contributed by atoms with Crippen LogP contribution in [0.1, 0.15) is 46.5 Å². The topological polar surface area (TPSA) is 59.2 Å². The minimum atomic E-state index is -0.0350. The van der Waals surface area contributed by atoms with Crippen LogP contribution < -0.4 is 0 Å². The van der Waals surface area contributed by atoms with Gasteiger partial charge in [-0.3, -0.25) is 9.78 Å². The number of nitrogens with zero attached hydrogens (tertiary/aromatic N) is 3. The fraction of sp³-hybridized carbons (Fsp3) is 0.240. The molecular formula is C25H22ClN3O2. The molecule has 3 heterocycles. The summed E-state index contributed by atoms with van der Waals surface area (Å²) < 4.78 is 6.06. The van der Waals surface area contributed by atoms with Gasteiger partial charge >= 0.3 is 0 Å². The number of hydrogen-bond donors (Lipinski definition) is 0. The van der Waals surface area contributed by atoms with Gasteiger partial charge in [0.25, 0.3) is 5.91 Å². The van der Waals surface area contributed by atoms with Crippen LogP contribution in [0, 0.1) is 0 Å². The van der Waals surface area contributed by atoms with E-state index in [0.717, 1.165) is 41.5 Å². The number of benzene rings is 2. The molecule has 1 aliphatic heterocycles. The zero-order valence-electron chi connectivity index (χ0n) is 17.0. The highest BCUT2D eigenvalue weighted by atomic mass is 35.5. The lowest BCUT2D eigenvalue weighted by molar-refractivity contribution is 0.0694. The van der Waals surface area contributed by atoms with Gasteiger partial charge in [0.1, 0.15) is 11.5 Å². The van der Waals surface area contributed by atoms with Gasteiger partial charge in [0.05, 0.1) is 12.1 Å². The predicted molar refractivity (Wildman–Crippen MR) is 120 cm³/mol. The third-order valence-electron chi connectivity index (χ3n) is 5.77. The minimum Gasteiger partial charge on any atom is -0.445 e. The second kappa shape index (κ2) is 8.52. The molecular weight excluding hydrogens is 410 g/mol. The first-order valence-corrected chi connectivity index (χ1v) is 10.9. The Kier molecular flexibility index (Phi) is 5.43. The quantitative estimate of drug-likeness (QED) is 0.429. The van der Waals surface area contributed by atoms with Gasteiger partial charge in [-0.25, -0.2) is 4.98 Å². The molecule has 1 atom stereocenters. The van der Waals surface area contributed by atoms with E-state index in [1.807, 2.05) is 59.5 Å². The number of amides is 1. The van der Waals surface area contributed by atoms with Crippen molar-refractivity contribution in [3.63, 3.8) is 0 Å². The normalized spacial score (nSPS) is 16.5. The summed E-state index contributed by atoms with van der Waals surface area (Å²) >= 11 is 6.08. The SMILES string of the molecule is O=C(c1nccc2ccccc12)N1CCC[C@H](c2ncc(Cc3cccc(Cl)c3)o2)C1. The summed E-state index contributed by atoms with van der Waals surface area (Å²) in [6.45, 7) is 1.30. The van der Waals surface area contributed by atoms with Crippen LogP contribution >= 0.6 is 11.6 Å². The summed E-state index contributed by atoms with van der Waals surface area (Å²) in [4.78, 5) is 24.1. The Labute approximate surface area is 185 Å². The molecule has 1 amide bonds. The molecule has 0 N–H and O–H groups in total. The van der Waals surface area contributed by atoms with Crippen molar-refractivity contribution in [1.29, 1.82) is 0 Å². The van der Waals surface area contributed by atoms with Gasteiger partial charge in [0.15, 0.2) is 5.89 Å². The number of halogens is 1. The Morgan fingerprint density at radius 3 is 2.94 bits per heavy atom. The molecule has 156 valence electrons. The molecule has 1 saturated heterocycles. The van der Waals surface area contributed by atoms with E-state index in [2.05, 4.69) is 9.97 Å². The molecule has 0 unspecified atom stereocenters. The number of fused-ring (bicyclic) bond motifs is 1. The monoisotopic (exact) mass is 431 g/mol. The van der Waals surface area contributed by atoms with E-state index in [-0.39, 0.29) is 11.8 Å². The number of oxazole rings is 1. The summed E-state index contributed by atoms with van der Waals surface area (Å²) in [7, 11) is 0. The molecule has 0 bridgehead atoms. The van der Waals surface area contributed by atoms with E-state index in [4.69, 9.17) is 16.0 Å². The minimum absolute atomic E-state index is 0.0350. The largest absolute Gasteiger partial charge is 0.445 e. The Morgan fingerprint density at radius 1 is 1.13 bits per heavy atom. The van der Waals surface area contributed by atoms with Crippen molar-refractivity contribution in [2.45, 2.75) is 25.2 Å². The summed E-state index contributed by atoms with van der Waals surface area (Å²) in [5, 5.41) is 2.62. The van der Waals surface area contributed by atoms with Crippen LogP contribution in [0.15, 0.2) is 71.4 Å². The maximum Gasteiger partial charge on any atom is 0.273 e. The van der Waals surface area contributed by atoms with E-state index >= 15 is 0 Å². The maximum absolute atomic E-state index is 13.3. The van der Waals surface area contributed by atoms with Crippen LogP contribution in [-0.4, -0.2) is 33.9 Å². The Morgan fingerprint density at radius 2 is 2.03 bits per heavy atom. The number of rotatable bonds is 4. The number of carbonyl (C=O) groups is 1. The van der Waals surface area contributed by atoms with Crippen LogP contribution in [0.25, 0.3) is 10.8 Å². The van der Waals surface area contributed by atoms with Crippen molar-refractivity contribution >= 4 is 28.3 Å². The lowest BCUT2D eigenvalue weighted by atomic mass is 9.97. The van der Waals surface area contributed by atoms with Crippen LogP contribution in [0.3, 0.4) is 0 Å². The third-order valence-corrected chi connectivity index (χ3v) is 6.01. The molecule has 1 aliphatic rings. The van der Waals surface area contributed by atoms with Crippen molar-refractivity contribution in [2.75, 3.05) is 13.1 Å². The van der Waals surface area contributed by atoms with E-state index in [1.54, 1.807) is 12.4 Å². The Balaban J connectivity index is 1.32. The average molecular weight is 432 g/mol. The summed E-state index contributed by atoms with van der Waals surface area (Å²) in [5.74, 6) is 1.55. The summed E-state index contributed by atoms with van der Waals surface area (Å²) in [6.07, 6.45) is 5.98. The molecule has 4 aromatic rings. The van der Waals surface area contributed by atoms with Gasteiger partial charge in [-0.2, -0.15) is 0 Å². The zero-order chi connectivity index (χ0) is 21.2. The van der Waals surface area contributed by atoms with E-state index in [9.17, 15) is 4.79 Å². The Hall–Kier alpha value is -3.18. The van der Waals surface area contributed by atoms with Crippen LogP contribution in [0.2, 0.25) is 5.02 Å². The number of likely N-dealkylation sites (tertiary alicyclic amines) is 1. The molecule has 2 aromatic heterocycles. The fourth-order valence-corrected chi connectivity index (χ4v) is 4.46. The predicted octanol–water partition coefficient (Wildman–Crippen LogP) is 5.49. The van der Waals surface area contributed by atoms with Crippen LogP contribution in [0.5, 0.6) is 0 Å². The van der Waals surface area contributed by atoms with Crippen molar-refractivity contribution in [3.05, 3.63) is 94.9 Å². The molecule has 31 heavy (non-hydrogen) atoms. The molecule has 0 saturated carbocycles. The van der Waals surface area contributed by atoms with Gasteiger partial charge in [-0.05, 0) is 42.0 Å². The van der Waals surface area contributed by atoms with Gasteiger partial charge in [-0.15, -0.1) is 0 Å². The van der Waals surface area contributed by atoms with Gasteiger partial charge in [-0.1, -0.05) is 48.0 Å². The number of hydrogen-bond acceptors (Lipinski definition) is 4. The second-order valence-electron chi connectivity index (χ2n) is 7.94. The van der Waals surface area contributed by atoms with E-state index in [1.165, 1.54) is 0 Å². The van der Waals surface area contributed by atoms with E-state index < -0.39 is 0 Å². The zero-order valence-corrected chi connectivity index (χ0v) is 17.8. The highest BCUT2D eigenvalue weighted by molar-refractivity contribution is 6.30. The van der Waals surface area contributed by atoms with Crippen molar-refractivity contribution in [1.82, 2.24) is 14.9 Å². The molecule has 0 aliphatic carbocycles. The highest BCUT2D eigenvalue weighted by Crippen LogP contribution is 2.29. The first-order chi connectivity index (χ1) is 15.2. The molecule has 5 nitrogen and oxygen atoms in total. The number of aromatic nitrogens is 2. The third kappa shape index (κ3) is 4.19. The lowest BCUT2D eigenvalue weighted by Crippen LogP contribution is -2.39. The second-order valence-corrected chi connectivity index (χ2v) is 8.38. The average Bonchev–Trinajstić information content (AvgIpc) is 3.27. The van der Waals surface area contributed by atoms with Gasteiger partial charge < -0.3 is 9.32 Å². The highest BCUT2D eigenvalue weighted by Gasteiger charge is 2.29. The smallest absolute Gasteiger partial charge is 0.273 e. The molecule has 1 fully saturated rings. The number of pyridine rings is 1.